The first-order valence-electron chi connectivity index (χ1n) is 14.8. The third-order valence-corrected chi connectivity index (χ3v) is 6.61. The summed E-state index contributed by atoms with van der Waals surface area (Å²) in [6, 6.07) is 0.0651. The van der Waals surface area contributed by atoms with Crippen LogP contribution in [0.25, 0.3) is 0 Å². The minimum atomic E-state index is -1.78. The van der Waals surface area contributed by atoms with Gasteiger partial charge in [-0.25, -0.2) is 4.39 Å². The number of unbranched alkanes of at least 4 members (excludes halogenated alkanes) is 3. The van der Waals surface area contributed by atoms with E-state index in [0.29, 0.717) is 32.3 Å². The van der Waals surface area contributed by atoms with Crippen LogP contribution < -0.4 is 26.0 Å². The molecule has 4 amide bonds. The van der Waals surface area contributed by atoms with Crippen molar-refractivity contribution in [3.8, 4) is 5.75 Å². The van der Waals surface area contributed by atoms with Gasteiger partial charge in [-0.2, -0.15) is 0 Å². The second-order valence-corrected chi connectivity index (χ2v) is 10.9. The Morgan fingerprint density at radius 3 is 1.85 bits per heavy atom. The molecule has 46 heavy (non-hydrogen) atoms. The van der Waals surface area contributed by atoms with Crippen molar-refractivity contribution in [2.75, 3.05) is 13.2 Å². The summed E-state index contributed by atoms with van der Waals surface area (Å²) < 4.78 is 19.7. The number of nitrogens with one attached hydrogen (secondary N) is 4. The molecule has 0 radical (unpaired) electrons. The van der Waals surface area contributed by atoms with Gasteiger partial charge >= 0.3 is 17.9 Å². The molecule has 7 N–H and O–H groups in total. The molecular formula is C30H43FN4O11. The number of carboxylic acids is 3. The maximum Gasteiger partial charge on any atom is 0.305 e. The smallest absolute Gasteiger partial charge is 0.305 e. The van der Waals surface area contributed by atoms with Gasteiger partial charge in [0.25, 0.3) is 0 Å². The molecule has 1 aromatic carbocycles. The molecule has 3 atom stereocenters. The zero-order chi connectivity index (χ0) is 34.8. The molecule has 1 rings (SSSR count). The van der Waals surface area contributed by atoms with Gasteiger partial charge in [0.05, 0.1) is 19.4 Å². The number of benzene rings is 1. The van der Waals surface area contributed by atoms with Crippen molar-refractivity contribution in [2.45, 2.75) is 96.2 Å². The first kappa shape index (κ1) is 39.3. The van der Waals surface area contributed by atoms with Crippen LogP contribution in [0.15, 0.2) is 18.2 Å². The van der Waals surface area contributed by atoms with Crippen molar-refractivity contribution >= 4 is 41.5 Å². The van der Waals surface area contributed by atoms with Crippen molar-refractivity contribution in [3.05, 3.63) is 29.6 Å². The number of carboxylic acid groups (broad SMARTS) is 3. The van der Waals surface area contributed by atoms with Gasteiger partial charge in [-0.1, -0.05) is 32.8 Å². The lowest BCUT2D eigenvalue weighted by atomic mass is 10.0. The van der Waals surface area contributed by atoms with Crippen LogP contribution in [0.5, 0.6) is 5.75 Å². The third kappa shape index (κ3) is 15.8. The van der Waals surface area contributed by atoms with E-state index >= 15 is 0 Å². The number of halogens is 1. The van der Waals surface area contributed by atoms with Crippen molar-refractivity contribution < 1.29 is 58.0 Å². The molecule has 0 unspecified atom stereocenters. The molecule has 16 heteroatoms. The molecule has 0 aliphatic rings. The van der Waals surface area contributed by atoms with Crippen molar-refractivity contribution in [2.24, 2.45) is 0 Å². The number of rotatable bonds is 22. The highest BCUT2D eigenvalue weighted by Crippen LogP contribution is 2.23. The number of ether oxygens (including phenoxy) is 1. The van der Waals surface area contributed by atoms with Crippen LogP contribution in [0.2, 0.25) is 0 Å². The fourth-order valence-electron chi connectivity index (χ4n) is 4.19. The van der Waals surface area contributed by atoms with E-state index in [1.54, 1.807) is 6.07 Å². The SMILES string of the molecule is CC(=O)N[C@@H](CC(=O)O)C(=O)N[C@@H](CC(=O)O)C(=O)N[C@@H](CCC(=O)O)C(=O)NCCCCCCOc1ccc(C(C)C)cc1F. The van der Waals surface area contributed by atoms with E-state index in [-0.39, 0.29) is 24.6 Å². The van der Waals surface area contributed by atoms with Crippen LogP contribution in [-0.4, -0.2) is 88.1 Å². The second kappa shape index (κ2) is 20.3. The normalized spacial score (nSPS) is 12.7. The van der Waals surface area contributed by atoms with Gasteiger partial charge in [-0.05, 0) is 42.9 Å². The van der Waals surface area contributed by atoms with Gasteiger partial charge in [0.2, 0.25) is 23.6 Å². The Hall–Kier alpha value is -4.76. The monoisotopic (exact) mass is 654 g/mol. The minimum absolute atomic E-state index is 0.170. The summed E-state index contributed by atoms with van der Waals surface area (Å²) >= 11 is 0. The van der Waals surface area contributed by atoms with Gasteiger partial charge in [0.1, 0.15) is 18.1 Å². The lowest BCUT2D eigenvalue weighted by Crippen LogP contribution is -2.57. The average molecular weight is 655 g/mol. The molecule has 256 valence electrons. The standard InChI is InChI=1S/C30H43FN4O11/c1-17(2)19-8-10-24(20(31)14-19)46-13-7-5-4-6-12-32-28(43)21(9-11-25(37)38)34-30(45)23(16-27(41)42)35-29(44)22(15-26(39)40)33-18(3)36/h8,10,14,17,21-23H,4-7,9,11-13,15-16H2,1-3H3,(H,32,43)(H,33,36)(H,34,45)(H,35,44)(H,37,38)(H,39,40)(H,41,42)/t21-,22-,23-/m0/s1. The highest BCUT2D eigenvalue weighted by molar-refractivity contribution is 5.96. The molecule has 0 spiro atoms. The van der Waals surface area contributed by atoms with Crippen molar-refractivity contribution in [3.63, 3.8) is 0 Å². The fraction of sp³-hybridized carbons (Fsp3) is 0.567. The number of hydrogen-bond donors (Lipinski definition) is 7. The largest absolute Gasteiger partial charge is 0.491 e. The Bertz CT molecular complexity index is 1230. The van der Waals surface area contributed by atoms with Gasteiger partial charge in [-0.15, -0.1) is 0 Å². The molecule has 15 nitrogen and oxygen atoms in total. The van der Waals surface area contributed by atoms with E-state index in [1.807, 2.05) is 19.9 Å². The Labute approximate surface area is 265 Å². The van der Waals surface area contributed by atoms with Crippen LogP contribution in [0, 0.1) is 5.82 Å². The van der Waals surface area contributed by atoms with Crippen LogP contribution in [-0.2, 0) is 33.6 Å². The topological polar surface area (TPSA) is 238 Å². The molecule has 0 aromatic heterocycles. The summed E-state index contributed by atoms with van der Waals surface area (Å²) in [5, 5.41) is 36.4. The molecule has 0 saturated carbocycles. The number of hydrogen-bond acceptors (Lipinski definition) is 8. The molecule has 1 aromatic rings. The quantitative estimate of drug-likeness (QED) is 0.0880. The molecule has 0 aliphatic heterocycles. The zero-order valence-electron chi connectivity index (χ0n) is 26.1. The minimum Gasteiger partial charge on any atom is -0.491 e. The maximum atomic E-state index is 14.2. The third-order valence-electron chi connectivity index (χ3n) is 6.61. The first-order chi connectivity index (χ1) is 21.6. The summed E-state index contributed by atoms with van der Waals surface area (Å²) in [7, 11) is 0. The van der Waals surface area contributed by atoms with E-state index in [0.717, 1.165) is 12.5 Å². The van der Waals surface area contributed by atoms with Gasteiger partial charge in [0, 0.05) is 19.9 Å². The number of aliphatic carboxylic acids is 3. The summed E-state index contributed by atoms with van der Waals surface area (Å²) in [5.74, 6) is -8.05. The van der Waals surface area contributed by atoms with Crippen LogP contribution in [0.1, 0.15) is 83.6 Å². The molecule has 0 aliphatic carbocycles. The molecule has 0 heterocycles. The van der Waals surface area contributed by atoms with Gasteiger partial charge < -0.3 is 41.3 Å². The Balaban J connectivity index is 2.68. The second-order valence-electron chi connectivity index (χ2n) is 10.9. The molecule has 0 fully saturated rings. The van der Waals surface area contributed by atoms with E-state index in [2.05, 4.69) is 21.3 Å². The zero-order valence-corrected chi connectivity index (χ0v) is 26.1. The average Bonchev–Trinajstić information content (AvgIpc) is 2.95. The van der Waals surface area contributed by atoms with Crippen molar-refractivity contribution in [1.82, 2.24) is 21.3 Å². The Kier molecular flexibility index (Phi) is 17.3. The predicted molar refractivity (Wildman–Crippen MR) is 160 cm³/mol. The Morgan fingerprint density at radius 2 is 1.33 bits per heavy atom. The fourth-order valence-corrected chi connectivity index (χ4v) is 4.19. The molecule has 0 saturated heterocycles. The number of carbonyl (C=O) groups excluding carboxylic acids is 4. The summed E-state index contributed by atoms with van der Waals surface area (Å²) in [6.45, 7) is 5.42. The first-order valence-corrected chi connectivity index (χ1v) is 14.8. The predicted octanol–water partition coefficient (Wildman–Crippen LogP) is 1.29. The summed E-state index contributed by atoms with van der Waals surface area (Å²) in [5.41, 5.74) is 0.869. The van der Waals surface area contributed by atoms with Gasteiger partial charge in [-0.3, -0.25) is 33.6 Å². The van der Waals surface area contributed by atoms with E-state index < -0.39 is 84.7 Å². The number of carbonyl (C=O) groups is 7. The highest BCUT2D eigenvalue weighted by Gasteiger charge is 2.31. The summed E-state index contributed by atoms with van der Waals surface area (Å²) in [4.78, 5) is 83.3. The van der Waals surface area contributed by atoms with Crippen LogP contribution in [0.3, 0.4) is 0 Å². The lowest BCUT2D eigenvalue weighted by molar-refractivity contribution is -0.143. The van der Waals surface area contributed by atoms with Crippen molar-refractivity contribution in [1.29, 1.82) is 0 Å². The number of amides is 4. The Morgan fingerprint density at radius 1 is 0.761 bits per heavy atom. The van der Waals surface area contributed by atoms with E-state index in [9.17, 15) is 43.1 Å². The van der Waals surface area contributed by atoms with Gasteiger partial charge in [0.15, 0.2) is 11.6 Å². The molecule has 0 bridgehead atoms. The summed E-state index contributed by atoms with van der Waals surface area (Å²) in [6.07, 6.45) is -0.143. The molecular weight excluding hydrogens is 611 g/mol. The maximum absolute atomic E-state index is 14.2. The van der Waals surface area contributed by atoms with E-state index in [4.69, 9.17) is 14.9 Å². The van der Waals surface area contributed by atoms with Crippen LogP contribution in [0.4, 0.5) is 4.39 Å². The highest BCUT2D eigenvalue weighted by atomic mass is 19.1. The van der Waals surface area contributed by atoms with Crippen LogP contribution >= 0.6 is 0 Å². The van der Waals surface area contributed by atoms with E-state index in [1.165, 1.54) is 6.07 Å². The lowest BCUT2D eigenvalue weighted by Gasteiger charge is -2.24.